The van der Waals surface area contributed by atoms with Crippen molar-refractivity contribution in [2.75, 3.05) is 18.7 Å². The summed E-state index contributed by atoms with van der Waals surface area (Å²) in [4.78, 5) is 17.2. The summed E-state index contributed by atoms with van der Waals surface area (Å²) >= 11 is 5.77. The number of aromatic amines is 1. The molecule has 13 heteroatoms. The van der Waals surface area contributed by atoms with E-state index in [-0.39, 0.29) is 16.7 Å². The first-order valence-electron chi connectivity index (χ1n) is 7.44. The van der Waals surface area contributed by atoms with E-state index in [0.717, 1.165) is 0 Å². The third kappa shape index (κ3) is 5.81. The van der Waals surface area contributed by atoms with Crippen molar-refractivity contribution in [3.05, 3.63) is 29.0 Å². The van der Waals surface area contributed by atoms with Crippen LogP contribution in [0.25, 0.3) is 11.5 Å². The van der Waals surface area contributed by atoms with Gasteiger partial charge in [-0.25, -0.2) is 36.3 Å². The van der Waals surface area contributed by atoms with E-state index in [1.165, 1.54) is 18.2 Å². The minimum atomic E-state index is -3.13. The lowest BCUT2D eigenvalue weighted by Crippen LogP contribution is -2.33. The highest BCUT2D eigenvalue weighted by molar-refractivity contribution is 6.29. The highest BCUT2D eigenvalue weighted by atomic mass is 35.5. The van der Waals surface area contributed by atoms with E-state index in [1.807, 2.05) is 0 Å². The van der Waals surface area contributed by atoms with Crippen LogP contribution in [0.4, 0.5) is 32.3 Å². The van der Waals surface area contributed by atoms with Gasteiger partial charge in [0.2, 0.25) is 5.95 Å². The van der Waals surface area contributed by atoms with Crippen LogP contribution in [-0.4, -0.2) is 58.2 Å². The van der Waals surface area contributed by atoms with E-state index in [9.17, 15) is 26.3 Å². The van der Waals surface area contributed by atoms with Crippen molar-refractivity contribution in [2.24, 2.45) is 4.99 Å². The first-order valence-corrected chi connectivity index (χ1v) is 7.81. The topological polar surface area (TPSA) is 78.9 Å². The van der Waals surface area contributed by atoms with E-state index >= 15 is 0 Å². The van der Waals surface area contributed by atoms with Crippen LogP contribution in [0, 0.1) is 0 Å². The summed E-state index contributed by atoms with van der Waals surface area (Å²) in [5.41, 5.74) is -0.519. The number of rotatable bonds is 8. The molecule has 148 valence electrons. The summed E-state index contributed by atoms with van der Waals surface area (Å²) in [6, 6.07) is 0.404. The van der Waals surface area contributed by atoms with Crippen LogP contribution < -0.4 is 10.9 Å². The summed E-state index contributed by atoms with van der Waals surface area (Å²) in [7, 11) is 0. The monoisotopic (exact) mass is 414 g/mol. The Morgan fingerprint density at radius 1 is 1.04 bits per heavy atom. The van der Waals surface area contributed by atoms with Crippen LogP contribution >= 0.6 is 11.6 Å². The zero-order valence-electron chi connectivity index (χ0n) is 13.4. The molecule has 0 aliphatic rings. The minimum absolute atomic E-state index is 0.0657. The van der Waals surface area contributed by atoms with Gasteiger partial charge in [-0.2, -0.15) is 9.97 Å². The van der Waals surface area contributed by atoms with Crippen molar-refractivity contribution >= 4 is 17.5 Å². The maximum atomic E-state index is 12.8. The van der Waals surface area contributed by atoms with E-state index < -0.39 is 49.9 Å². The van der Waals surface area contributed by atoms with Gasteiger partial charge in [-0.3, -0.25) is 0 Å². The average Bonchev–Trinajstić information content (AvgIpc) is 2.63. The van der Waals surface area contributed by atoms with Gasteiger partial charge in [-0.15, -0.1) is 0 Å². The molecule has 6 nitrogen and oxygen atoms in total. The van der Waals surface area contributed by atoms with Crippen LogP contribution in [0.3, 0.4) is 0 Å². The number of halogens is 7. The predicted octanol–water partition coefficient (Wildman–Crippen LogP) is 3.04. The third-order valence-electron chi connectivity index (χ3n) is 3.14. The minimum Gasteiger partial charge on any atom is -0.345 e. The number of hydrogen-bond acceptors (Lipinski definition) is 5. The molecule has 0 amide bonds. The number of H-pyrrole nitrogens is 1. The lowest BCUT2D eigenvalue weighted by molar-refractivity contribution is 0.102. The summed E-state index contributed by atoms with van der Waals surface area (Å²) < 4.78 is 76.5. The Labute approximate surface area is 153 Å². The summed E-state index contributed by atoms with van der Waals surface area (Å²) in [6.45, 7) is -2.92. The summed E-state index contributed by atoms with van der Waals surface area (Å²) in [5, 5.41) is 2.15. The van der Waals surface area contributed by atoms with Crippen LogP contribution in [0.5, 0.6) is 0 Å². The Hall–Kier alpha value is -2.37. The maximum absolute atomic E-state index is 12.8. The second-order valence-corrected chi connectivity index (χ2v) is 5.50. The average molecular weight is 415 g/mol. The van der Waals surface area contributed by atoms with Crippen LogP contribution in [0.15, 0.2) is 23.2 Å². The normalized spacial score (nSPS) is 14.6. The molecule has 0 saturated heterocycles. The fourth-order valence-electron chi connectivity index (χ4n) is 1.83. The number of nitrogens with zero attached hydrogens (tertiary/aromatic N) is 4. The Balaban J connectivity index is 2.54. The Morgan fingerprint density at radius 2 is 1.78 bits per heavy atom. The van der Waals surface area contributed by atoms with Gasteiger partial charge in [0.05, 0.1) is 0 Å². The fourth-order valence-corrected chi connectivity index (χ4v) is 2.00. The number of pyridine rings is 1. The van der Waals surface area contributed by atoms with E-state index in [1.54, 1.807) is 0 Å². The van der Waals surface area contributed by atoms with Crippen LogP contribution in [-0.2, 0) is 0 Å². The molecule has 2 heterocycles. The van der Waals surface area contributed by atoms with Gasteiger partial charge in [-0.1, -0.05) is 17.7 Å². The van der Waals surface area contributed by atoms with Gasteiger partial charge in [0.1, 0.15) is 36.3 Å². The molecular formula is C14H13ClF6N6. The van der Waals surface area contributed by atoms with Crippen LogP contribution in [0.1, 0.15) is 0 Å². The highest BCUT2D eigenvalue weighted by Gasteiger charge is 2.22. The lowest BCUT2D eigenvalue weighted by Gasteiger charge is -2.15. The molecule has 0 saturated carbocycles. The van der Waals surface area contributed by atoms with Crippen molar-refractivity contribution in [1.29, 1.82) is 0 Å². The Bertz CT molecular complexity index is 817. The highest BCUT2D eigenvalue weighted by Crippen LogP contribution is 2.16. The zero-order chi connectivity index (χ0) is 20.0. The molecule has 0 aliphatic heterocycles. The molecule has 27 heavy (non-hydrogen) atoms. The molecule has 2 aromatic heterocycles. The van der Waals surface area contributed by atoms with Crippen molar-refractivity contribution in [3.63, 3.8) is 0 Å². The molecule has 2 unspecified atom stereocenters. The second-order valence-electron chi connectivity index (χ2n) is 5.12. The molecule has 0 aromatic carbocycles. The molecule has 0 aliphatic carbocycles. The van der Waals surface area contributed by atoms with Gasteiger partial charge < -0.3 is 10.3 Å². The second kappa shape index (κ2) is 9.53. The molecular weight excluding hydrogens is 402 g/mol. The predicted molar refractivity (Wildman–Crippen MR) is 85.3 cm³/mol. The molecule has 0 radical (unpaired) electrons. The lowest BCUT2D eigenvalue weighted by atomic mass is 10.3. The number of anilines is 1. The Morgan fingerprint density at radius 3 is 2.33 bits per heavy atom. The van der Waals surface area contributed by atoms with Gasteiger partial charge in [0.15, 0.2) is 5.82 Å². The number of alkyl halides is 6. The van der Waals surface area contributed by atoms with Gasteiger partial charge in [0.25, 0.3) is 18.5 Å². The summed E-state index contributed by atoms with van der Waals surface area (Å²) in [6.07, 6.45) is -6.21. The number of hydrogen-bond donors (Lipinski definition) is 2. The molecule has 2 atom stereocenters. The van der Waals surface area contributed by atoms with Crippen LogP contribution in [0.2, 0.25) is 5.15 Å². The van der Waals surface area contributed by atoms with Crippen molar-refractivity contribution in [1.82, 2.24) is 19.9 Å². The van der Waals surface area contributed by atoms with E-state index in [4.69, 9.17) is 11.6 Å². The van der Waals surface area contributed by atoms with E-state index in [0.29, 0.717) is 0 Å². The number of nitrogens with one attached hydrogen (secondary N) is 2. The van der Waals surface area contributed by atoms with Crippen molar-refractivity contribution < 1.29 is 26.3 Å². The standard InChI is InChI=1S/C14H13ClF6N6/c15-9-3-1-2-6(22-9)12-25-13(23-7(4-16)10(18)19)27-14(26-12)24-8(5-17)11(20)21/h1-3,7-8,10-11H,4-5H2,(H2,23,24,25,26,27). The summed E-state index contributed by atoms with van der Waals surface area (Å²) in [5.74, 6) is -0.567. The fraction of sp³-hybridized carbons (Fsp3) is 0.429. The van der Waals surface area contributed by atoms with Crippen molar-refractivity contribution in [3.8, 4) is 11.5 Å². The largest absolute Gasteiger partial charge is 0.345 e. The van der Waals surface area contributed by atoms with E-state index in [2.05, 4.69) is 30.2 Å². The molecule has 2 N–H and O–H groups in total. The zero-order valence-corrected chi connectivity index (χ0v) is 14.1. The smallest absolute Gasteiger partial charge is 0.263 e. The Kier molecular flexibility index (Phi) is 7.39. The maximum Gasteiger partial charge on any atom is 0.263 e. The van der Waals surface area contributed by atoms with Crippen molar-refractivity contribution in [2.45, 2.75) is 24.9 Å². The van der Waals surface area contributed by atoms with Gasteiger partial charge >= 0.3 is 0 Å². The van der Waals surface area contributed by atoms with Gasteiger partial charge in [-0.05, 0) is 12.1 Å². The first kappa shape index (κ1) is 20.9. The van der Waals surface area contributed by atoms with Gasteiger partial charge in [0, 0.05) is 0 Å². The first-order chi connectivity index (χ1) is 12.8. The molecule has 2 rings (SSSR count). The molecule has 2 aromatic rings. The molecule has 0 spiro atoms. The SMILES string of the molecule is FCC(N=c1nc(NC(CF)C(F)F)[nH]c(-c2cccc(Cl)n2)n1)C(F)F. The molecule has 0 bridgehead atoms. The quantitative estimate of drug-likeness (QED) is 0.514. The molecule has 0 fully saturated rings. The third-order valence-corrected chi connectivity index (χ3v) is 3.35. The number of aromatic nitrogens is 4.